The van der Waals surface area contributed by atoms with Gasteiger partial charge < -0.3 is 15.7 Å². The lowest BCUT2D eigenvalue weighted by molar-refractivity contribution is 0.0696. The molecule has 0 saturated heterocycles. The van der Waals surface area contributed by atoms with E-state index in [1.165, 1.54) is 0 Å². The van der Waals surface area contributed by atoms with Gasteiger partial charge in [0.1, 0.15) is 0 Å². The fourth-order valence-corrected chi connectivity index (χ4v) is 3.63. The highest BCUT2D eigenvalue weighted by atomic mass is 16.4. The van der Waals surface area contributed by atoms with Gasteiger partial charge in [0.15, 0.2) is 5.82 Å². The van der Waals surface area contributed by atoms with E-state index in [1.807, 2.05) is 23.0 Å². The number of aromatic nitrogens is 2. The van der Waals surface area contributed by atoms with E-state index < -0.39 is 5.97 Å². The SMILES string of the molecule is Cc1cc(Nc2nn([C@@H](CC#N)C3CC3)c3c2CNC=C3)ccc1C(=O)O. The van der Waals surface area contributed by atoms with Crippen LogP contribution in [-0.4, -0.2) is 20.9 Å². The van der Waals surface area contributed by atoms with Crippen molar-refractivity contribution in [2.75, 3.05) is 5.32 Å². The minimum atomic E-state index is -0.932. The number of rotatable bonds is 6. The van der Waals surface area contributed by atoms with Crippen molar-refractivity contribution in [1.82, 2.24) is 15.1 Å². The molecule has 1 aliphatic carbocycles. The maximum absolute atomic E-state index is 11.2. The molecule has 4 rings (SSSR count). The van der Waals surface area contributed by atoms with Gasteiger partial charge in [-0.3, -0.25) is 4.68 Å². The molecule has 1 aliphatic heterocycles. The predicted molar refractivity (Wildman–Crippen MR) is 102 cm³/mol. The number of nitriles is 1. The summed E-state index contributed by atoms with van der Waals surface area (Å²) in [5.41, 5.74) is 3.87. The second kappa shape index (κ2) is 6.80. The predicted octanol–water partition coefficient (Wildman–Crippen LogP) is 3.57. The van der Waals surface area contributed by atoms with Crippen LogP contribution in [0.4, 0.5) is 11.5 Å². The van der Waals surface area contributed by atoms with Crippen molar-refractivity contribution in [2.24, 2.45) is 5.92 Å². The monoisotopic (exact) mass is 363 g/mol. The normalized spacial score (nSPS) is 16.1. The van der Waals surface area contributed by atoms with Gasteiger partial charge in [0.05, 0.1) is 29.8 Å². The molecule has 2 aliphatic rings. The number of carboxylic acid groups (broad SMARTS) is 1. The summed E-state index contributed by atoms with van der Waals surface area (Å²) < 4.78 is 1.99. The number of carboxylic acids is 1. The van der Waals surface area contributed by atoms with E-state index in [2.05, 4.69) is 16.7 Å². The summed E-state index contributed by atoms with van der Waals surface area (Å²) in [7, 11) is 0. The average molecular weight is 363 g/mol. The molecular weight excluding hydrogens is 342 g/mol. The molecule has 0 spiro atoms. The Bertz CT molecular complexity index is 965. The van der Waals surface area contributed by atoms with E-state index in [0.717, 1.165) is 35.6 Å². The van der Waals surface area contributed by atoms with Crippen LogP contribution < -0.4 is 10.6 Å². The van der Waals surface area contributed by atoms with Crippen molar-refractivity contribution in [3.8, 4) is 6.07 Å². The smallest absolute Gasteiger partial charge is 0.335 e. The highest BCUT2D eigenvalue weighted by Crippen LogP contribution is 2.43. The lowest BCUT2D eigenvalue weighted by atomic mass is 10.1. The molecule has 1 saturated carbocycles. The zero-order valence-corrected chi connectivity index (χ0v) is 15.1. The minimum Gasteiger partial charge on any atom is -0.478 e. The number of aryl methyl sites for hydroxylation is 1. The van der Waals surface area contributed by atoms with Crippen molar-refractivity contribution < 1.29 is 9.90 Å². The first-order valence-corrected chi connectivity index (χ1v) is 9.07. The van der Waals surface area contributed by atoms with Gasteiger partial charge in [0, 0.05) is 17.8 Å². The Labute approximate surface area is 157 Å². The highest BCUT2D eigenvalue weighted by Gasteiger charge is 2.35. The van der Waals surface area contributed by atoms with Crippen LogP contribution in [0.2, 0.25) is 0 Å². The molecule has 3 N–H and O–H groups in total. The van der Waals surface area contributed by atoms with Crippen molar-refractivity contribution >= 4 is 23.6 Å². The Morgan fingerprint density at radius 3 is 3.00 bits per heavy atom. The molecule has 0 bridgehead atoms. The first-order chi connectivity index (χ1) is 13.1. The number of aromatic carboxylic acids is 1. The largest absolute Gasteiger partial charge is 0.478 e. The van der Waals surface area contributed by atoms with Crippen molar-refractivity contribution in [3.05, 3.63) is 46.8 Å². The molecule has 0 unspecified atom stereocenters. The van der Waals surface area contributed by atoms with Crippen LogP contribution in [0, 0.1) is 24.2 Å². The maximum Gasteiger partial charge on any atom is 0.335 e. The molecule has 27 heavy (non-hydrogen) atoms. The van der Waals surface area contributed by atoms with E-state index in [1.54, 1.807) is 19.1 Å². The molecule has 138 valence electrons. The first-order valence-electron chi connectivity index (χ1n) is 9.07. The fourth-order valence-electron chi connectivity index (χ4n) is 3.63. The summed E-state index contributed by atoms with van der Waals surface area (Å²) in [6.45, 7) is 2.44. The number of hydrogen-bond donors (Lipinski definition) is 3. The Morgan fingerprint density at radius 1 is 1.52 bits per heavy atom. The Morgan fingerprint density at radius 2 is 2.33 bits per heavy atom. The Balaban J connectivity index is 1.69. The molecule has 7 nitrogen and oxygen atoms in total. The molecule has 1 atom stereocenters. The maximum atomic E-state index is 11.2. The molecule has 1 aromatic heterocycles. The van der Waals surface area contributed by atoms with Gasteiger partial charge in [-0.1, -0.05) is 0 Å². The van der Waals surface area contributed by atoms with Gasteiger partial charge in [-0.05, 0) is 61.7 Å². The van der Waals surface area contributed by atoms with E-state index in [-0.39, 0.29) is 6.04 Å². The zero-order valence-electron chi connectivity index (χ0n) is 15.1. The Kier molecular flexibility index (Phi) is 4.32. The van der Waals surface area contributed by atoms with E-state index in [4.69, 9.17) is 5.10 Å². The van der Waals surface area contributed by atoms with Crippen LogP contribution >= 0.6 is 0 Å². The fraction of sp³-hybridized carbons (Fsp3) is 0.350. The average Bonchev–Trinajstić information content (AvgIpc) is 3.43. The molecule has 0 radical (unpaired) electrons. The topological polar surface area (TPSA) is 103 Å². The van der Waals surface area contributed by atoms with Crippen molar-refractivity contribution in [2.45, 2.75) is 38.8 Å². The number of nitrogens with zero attached hydrogens (tertiary/aromatic N) is 3. The number of hydrogen-bond acceptors (Lipinski definition) is 5. The number of carbonyl (C=O) groups is 1. The lowest BCUT2D eigenvalue weighted by Gasteiger charge is -2.17. The van der Waals surface area contributed by atoms with Gasteiger partial charge in [0.2, 0.25) is 0 Å². The molecule has 2 heterocycles. The number of anilines is 2. The summed E-state index contributed by atoms with van der Waals surface area (Å²) in [6.07, 6.45) is 6.64. The van der Waals surface area contributed by atoms with Crippen LogP contribution in [0.3, 0.4) is 0 Å². The van der Waals surface area contributed by atoms with Crippen LogP contribution in [0.15, 0.2) is 24.4 Å². The summed E-state index contributed by atoms with van der Waals surface area (Å²) in [6, 6.07) is 7.56. The van der Waals surface area contributed by atoms with Crippen LogP contribution in [0.25, 0.3) is 6.08 Å². The minimum absolute atomic E-state index is 0.0955. The van der Waals surface area contributed by atoms with Gasteiger partial charge >= 0.3 is 5.97 Å². The molecule has 7 heteroatoms. The van der Waals surface area contributed by atoms with Crippen molar-refractivity contribution in [1.29, 1.82) is 5.26 Å². The third-order valence-corrected chi connectivity index (χ3v) is 5.19. The van der Waals surface area contributed by atoms with Gasteiger partial charge in [-0.25, -0.2) is 4.79 Å². The summed E-state index contributed by atoms with van der Waals surface area (Å²) >= 11 is 0. The first kappa shape index (κ1) is 17.2. The lowest BCUT2D eigenvalue weighted by Crippen LogP contribution is -2.17. The third-order valence-electron chi connectivity index (χ3n) is 5.19. The van der Waals surface area contributed by atoms with Crippen LogP contribution in [-0.2, 0) is 6.54 Å². The molecule has 1 aromatic carbocycles. The van der Waals surface area contributed by atoms with Gasteiger partial charge in [-0.15, -0.1) is 0 Å². The summed E-state index contributed by atoms with van der Waals surface area (Å²) in [5.74, 6) is 0.327. The van der Waals surface area contributed by atoms with Crippen LogP contribution in [0.1, 0.15) is 52.5 Å². The van der Waals surface area contributed by atoms with E-state index in [9.17, 15) is 15.2 Å². The third kappa shape index (κ3) is 3.26. The standard InChI is InChI=1S/C20H21N5O2/c1-12-10-14(4-5-15(12)20(26)27)23-19-16-11-22-9-7-18(16)25(24-19)17(6-8-21)13-2-3-13/h4-5,7,9-10,13,17,22H,2-3,6,11H2,1H3,(H,23,24)(H,26,27)/t17-/m0/s1. The molecule has 1 fully saturated rings. The molecular formula is C20H21N5O2. The second-order valence-corrected chi connectivity index (χ2v) is 7.10. The summed E-state index contributed by atoms with van der Waals surface area (Å²) in [4.78, 5) is 11.2. The van der Waals surface area contributed by atoms with E-state index in [0.29, 0.717) is 30.0 Å². The quantitative estimate of drug-likeness (QED) is 0.725. The second-order valence-electron chi connectivity index (χ2n) is 7.10. The number of benzene rings is 1. The molecule has 2 aromatic rings. The number of nitrogens with one attached hydrogen (secondary N) is 2. The highest BCUT2D eigenvalue weighted by molar-refractivity contribution is 5.90. The molecule has 0 amide bonds. The number of fused-ring (bicyclic) bond motifs is 1. The summed E-state index contributed by atoms with van der Waals surface area (Å²) in [5, 5.41) is 29.8. The zero-order chi connectivity index (χ0) is 19.0. The van der Waals surface area contributed by atoms with Crippen LogP contribution in [0.5, 0.6) is 0 Å². The Hall–Kier alpha value is -3.27. The van der Waals surface area contributed by atoms with Crippen molar-refractivity contribution in [3.63, 3.8) is 0 Å². The van der Waals surface area contributed by atoms with E-state index >= 15 is 0 Å². The van der Waals surface area contributed by atoms with Gasteiger partial charge in [-0.2, -0.15) is 10.4 Å². The van der Waals surface area contributed by atoms with Gasteiger partial charge in [0.25, 0.3) is 0 Å².